The fraction of sp³-hybridized carbons (Fsp3) is 0.250. The van der Waals surface area contributed by atoms with Crippen molar-refractivity contribution in [3.8, 4) is 0 Å². The Morgan fingerprint density at radius 1 is 1.16 bits per heavy atom. The lowest BCUT2D eigenvalue weighted by molar-refractivity contribution is -0.113. The number of amides is 2. The van der Waals surface area contributed by atoms with Crippen molar-refractivity contribution in [2.75, 3.05) is 18.1 Å². The zero-order valence-electron chi connectivity index (χ0n) is 13.8. The molecule has 0 bridgehead atoms. The van der Waals surface area contributed by atoms with Crippen molar-refractivity contribution < 1.29 is 18.0 Å². The third kappa shape index (κ3) is 4.39. The molecule has 0 aliphatic heterocycles. The van der Waals surface area contributed by atoms with E-state index in [1.807, 2.05) is 6.92 Å². The molecular weight excluding hydrogens is 384 g/mol. The molecule has 2 N–H and O–H groups in total. The van der Waals surface area contributed by atoms with Crippen LogP contribution < -0.4 is 10.6 Å². The number of anilines is 1. The highest BCUT2D eigenvalue weighted by Crippen LogP contribution is 2.32. The molecule has 25 heavy (non-hydrogen) atoms. The van der Waals surface area contributed by atoms with Gasteiger partial charge in [0, 0.05) is 16.9 Å². The molecule has 0 aliphatic rings. The molecule has 0 aliphatic carbocycles. The molecule has 2 amide bonds. The molecule has 0 fully saturated rings. The first kappa shape index (κ1) is 19.4. The van der Waals surface area contributed by atoms with E-state index in [0.717, 1.165) is 10.4 Å². The van der Waals surface area contributed by atoms with E-state index in [2.05, 4.69) is 10.6 Å². The van der Waals surface area contributed by atoms with Gasteiger partial charge in [0.25, 0.3) is 5.91 Å². The first-order chi connectivity index (χ1) is 11.7. The quantitative estimate of drug-likeness (QED) is 0.807. The van der Waals surface area contributed by atoms with Crippen LogP contribution in [0.15, 0.2) is 29.2 Å². The molecule has 0 atom stereocenters. The first-order valence-electron chi connectivity index (χ1n) is 7.26. The van der Waals surface area contributed by atoms with Crippen molar-refractivity contribution in [3.05, 3.63) is 45.3 Å². The summed E-state index contributed by atoms with van der Waals surface area (Å²) >= 11 is 6.97. The van der Waals surface area contributed by atoms with Crippen LogP contribution in [0.25, 0.3) is 0 Å². The van der Waals surface area contributed by atoms with Crippen LogP contribution in [0.4, 0.5) is 5.00 Å². The van der Waals surface area contributed by atoms with E-state index in [4.69, 9.17) is 11.6 Å². The van der Waals surface area contributed by atoms with E-state index in [1.165, 1.54) is 42.6 Å². The smallest absolute Gasteiger partial charge is 0.254 e. The lowest BCUT2D eigenvalue weighted by atomic mass is 10.1. The molecule has 0 saturated heterocycles. The van der Waals surface area contributed by atoms with Gasteiger partial charge in [-0.15, -0.1) is 11.3 Å². The van der Waals surface area contributed by atoms with Crippen molar-refractivity contribution >= 4 is 49.6 Å². The van der Waals surface area contributed by atoms with Gasteiger partial charge in [-0.25, -0.2) is 8.42 Å². The zero-order valence-corrected chi connectivity index (χ0v) is 16.2. The average Bonchev–Trinajstić information content (AvgIpc) is 2.80. The SMILES string of the molecule is CNC(=O)c1c(NC(=O)CS(=O)(=O)c2ccc(Cl)cc2)sc(C)c1C. The van der Waals surface area contributed by atoms with E-state index in [0.29, 0.717) is 15.6 Å². The number of carbonyl (C=O) groups is 2. The van der Waals surface area contributed by atoms with Gasteiger partial charge in [-0.2, -0.15) is 0 Å². The maximum Gasteiger partial charge on any atom is 0.254 e. The van der Waals surface area contributed by atoms with E-state index in [1.54, 1.807) is 6.92 Å². The largest absolute Gasteiger partial charge is 0.355 e. The number of sulfone groups is 1. The van der Waals surface area contributed by atoms with Crippen LogP contribution in [0, 0.1) is 13.8 Å². The number of nitrogens with one attached hydrogen (secondary N) is 2. The lowest BCUT2D eigenvalue weighted by Crippen LogP contribution is -2.25. The standard InChI is InChI=1S/C16H17ClN2O4S2/c1-9-10(2)24-16(14(9)15(21)18-3)19-13(20)8-25(22,23)12-6-4-11(17)5-7-12/h4-7H,8H2,1-3H3,(H,18,21)(H,19,20). The van der Waals surface area contributed by atoms with Gasteiger partial charge in [-0.1, -0.05) is 11.6 Å². The fourth-order valence-corrected chi connectivity index (χ4v) is 4.51. The molecule has 2 rings (SSSR count). The van der Waals surface area contributed by atoms with E-state index in [-0.39, 0.29) is 10.8 Å². The van der Waals surface area contributed by atoms with Crippen LogP contribution in [-0.2, 0) is 14.6 Å². The van der Waals surface area contributed by atoms with Gasteiger partial charge in [0.1, 0.15) is 10.8 Å². The van der Waals surface area contributed by atoms with Crippen LogP contribution in [0.5, 0.6) is 0 Å². The van der Waals surface area contributed by atoms with Crippen molar-refractivity contribution in [1.29, 1.82) is 0 Å². The molecule has 0 saturated carbocycles. The highest BCUT2D eigenvalue weighted by atomic mass is 35.5. The van der Waals surface area contributed by atoms with Crippen LogP contribution in [-0.4, -0.2) is 33.0 Å². The number of benzene rings is 1. The Balaban J connectivity index is 2.22. The summed E-state index contributed by atoms with van der Waals surface area (Å²) in [6.07, 6.45) is 0. The summed E-state index contributed by atoms with van der Waals surface area (Å²) in [4.78, 5) is 25.1. The van der Waals surface area contributed by atoms with Gasteiger partial charge in [0.05, 0.1) is 10.5 Å². The van der Waals surface area contributed by atoms with Crippen LogP contribution in [0.3, 0.4) is 0 Å². The lowest BCUT2D eigenvalue weighted by Gasteiger charge is -2.08. The van der Waals surface area contributed by atoms with E-state index < -0.39 is 21.5 Å². The summed E-state index contributed by atoms with van der Waals surface area (Å²) in [5.74, 6) is -1.77. The number of hydrogen-bond donors (Lipinski definition) is 2. The van der Waals surface area contributed by atoms with Crippen LogP contribution in [0.1, 0.15) is 20.8 Å². The van der Waals surface area contributed by atoms with Gasteiger partial charge in [-0.05, 0) is 43.7 Å². The normalized spacial score (nSPS) is 11.2. The molecule has 1 aromatic heterocycles. The molecule has 1 heterocycles. The maximum atomic E-state index is 12.3. The van der Waals surface area contributed by atoms with E-state index >= 15 is 0 Å². The number of thiophene rings is 1. The Morgan fingerprint density at radius 2 is 1.76 bits per heavy atom. The fourth-order valence-electron chi connectivity index (χ4n) is 2.17. The maximum absolute atomic E-state index is 12.3. The molecule has 0 spiro atoms. The number of carbonyl (C=O) groups excluding carboxylic acids is 2. The summed E-state index contributed by atoms with van der Waals surface area (Å²) in [6.45, 7) is 3.60. The summed E-state index contributed by atoms with van der Waals surface area (Å²) in [5.41, 5.74) is 1.10. The number of aryl methyl sites for hydroxylation is 1. The monoisotopic (exact) mass is 400 g/mol. The molecule has 0 unspecified atom stereocenters. The average molecular weight is 401 g/mol. The molecule has 1 aromatic carbocycles. The van der Waals surface area contributed by atoms with Crippen molar-refractivity contribution in [2.45, 2.75) is 18.7 Å². The van der Waals surface area contributed by atoms with Gasteiger partial charge in [0.2, 0.25) is 5.91 Å². The Morgan fingerprint density at radius 3 is 2.32 bits per heavy atom. The van der Waals surface area contributed by atoms with Gasteiger partial charge in [-0.3, -0.25) is 9.59 Å². The summed E-state index contributed by atoms with van der Waals surface area (Å²) < 4.78 is 24.6. The summed E-state index contributed by atoms with van der Waals surface area (Å²) in [7, 11) is -2.31. The van der Waals surface area contributed by atoms with Crippen molar-refractivity contribution in [1.82, 2.24) is 5.32 Å². The Kier molecular flexibility index (Phi) is 5.87. The van der Waals surface area contributed by atoms with Crippen LogP contribution in [0.2, 0.25) is 5.02 Å². The molecule has 9 heteroatoms. The highest BCUT2D eigenvalue weighted by molar-refractivity contribution is 7.92. The number of rotatable bonds is 5. The third-order valence-corrected chi connectivity index (χ3v) is 6.59. The Bertz CT molecular complexity index is 918. The van der Waals surface area contributed by atoms with E-state index in [9.17, 15) is 18.0 Å². The topological polar surface area (TPSA) is 92.3 Å². The second kappa shape index (κ2) is 7.55. The highest BCUT2D eigenvalue weighted by Gasteiger charge is 2.23. The number of halogens is 1. The Hall–Kier alpha value is -1.90. The molecule has 0 radical (unpaired) electrons. The van der Waals surface area contributed by atoms with Crippen LogP contribution >= 0.6 is 22.9 Å². The van der Waals surface area contributed by atoms with Gasteiger partial charge < -0.3 is 10.6 Å². The second-order valence-electron chi connectivity index (χ2n) is 5.33. The number of hydrogen-bond acceptors (Lipinski definition) is 5. The predicted molar refractivity (Wildman–Crippen MR) is 99.3 cm³/mol. The molecule has 134 valence electrons. The third-order valence-electron chi connectivity index (χ3n) is 3.59. The minimum atomic E-state index is -3.80. The Labute approximate surface area is 155 Å². The summed E-state index contributed by atoms with van der Waals surface area (Å²) in [5, 5.41) is 5.80. The minimum absolute atomic E-state index is 0.0112. The zero-order chi connectivity index (χ0) is 18.8. The molecule has 6 nitrogen and oxygen atoms in total. The van der Waals surface area contributed by atoms with Gasteiger partial charge in [0.15, 0.2) is 9.84 Å². The van der Waals surface area contributed by atoms with Crippen molar-refractivity contribution in [2.24, 2.45) is 0 Å². The summed E-state index contributed by atoms with van der Waals surface area (Å²) in [6, 6.07) is 5.59. The first-order valence-corrected chi connectivity index (χ1v) is 10.1. The predicted octanol–water partition coefficient (Wildman–Crippen LogP) is 2.79. The van der Waals surface area contributed by atoms with Crippen molar-refractivity contribution in [3.63, 3.8) is 0 Å². The molecule has 2 aromatic rings. The minimum Gasteiger partial charge on any atom is -0.355 e. The van der Waals surface area contributed by atoms with Gasteiger partial charge >= 0.3 is 0 Å². The molecular formula is C16H17ClN2O4S2. The second-order valence-corrected chi connectivity index (χ2v) is 8.98.